The fraction of sp³-hybridized carbons (Fsp3) is 0.120. The molecule has 0 atom stereocenters. The molecule has 5 nitrogen and oxygen atoms in total. The van der Waals surface area contributed by atoms with Crippen LogP contribution in [0.25, 0.3) is 33.6 Å². The van der Waals surface area contributed by atoms with Gasteiger partial charge in [0.1, 0.15) is 0 Å². The third-order valence-corrected chi connectivity index (χ3v) is 4.87. The van der Waals surface area contributed by atoms with E-state index < -0.39 is 0 Å². The van der Waals surface area contributed by atoms with Crippen molar-refractivity contribution in [2.45, 2.75) is 0 Å². The van der Waals surface area contributed by atoms with Crippen LogP contribution in [0.1, 0.15) is 0 Å². The van der Waals surface area contributed by atoms with Gasteiger partial charge in [0.05, 0.1) is 32.7 Å². The van der Waals surface area contributed by atoms with Crippen LogP contribution in [0, 0.1) is 0 Å². The van der Waals surface area contributed by atoms with Crippen LogP contribution in [0.3, 0.4) is 0 Å². The number of nitrogens with zero attached hydrogens (tertiary/aromatic N) is 2. The predicted molar refractivity (Wildman–Crippen MR) is 118 cm³/mol. The highest BCUT2D eigenvalue weighted by atomic mass is 16.5. The smallest absolute Gasteiger partial charge is 0.203 e. The van der Waals surface area contributed by atoms with Gasteiger partial charge < -0.3 is 14.2 Å². The van der Waals surface area contributed by atoms with Crippen LogP contribution in [0.5, 0.6) is 17.2 Å². The number of methoxy groups -OCH3 is 3. The molecule has 2 heterocycles. The largest absolute Gasteiger partial charge is 0.493 e. The Hall–Kier alpha value is -3.86. The van der Waals surface area contributed by atoms with Crippen molar-refractivity contribution in [2.24, 2.45) is 0 Å². The maximum Gasteiger partial charge on any atom is 0.203 e. The van der Waals surface area contributed by atoms with Crippen LogP contribution in [-0.2, 0) is 0 Å². The summed E-state index contributed by atoms with van der Waals surface area (Å²) in [5.74, 6) is 1.78. The van der Waals surface area contributed by atoms with E-state index in [1.54, 1.807) is 33.7 Å². The minimum absolute atomic E-state index is 0.556. The molecule has 0 fully saturated rings. The lowest BCUT2D eigenvalue weighted by Gasteiger charge is -2.17. The van der Waals surface area contributed by atoms with Crippen molar-refractivity contribution in [3.05, 3.63) is 79.1 Å². The van der Waals surface area contributed by atoms with E-state index in [0.29, 0.717) is 17.2 Å². The monoisotopic (exact) mass is 398 g/mol. The van der Waals surface area contributed by atoms with Gasteiger partial charge in [0.25, 0.3) is 0 Å². The van der Waals surface area contributed by atoms with Crippen molar-refractivity contribution >= 4 is 0 Å². The second-order valence-corrected chi connectivity index (χ2v) is 6.61. The summed E-state index contributed by atoms with van der Waals surface area (Å²) in [4.78, 5) is 9.05. The van der Waals surface area contributed by atoms with Gasteiger partial charge in [0, 0.05) is 29.1 Å². The molecule has 2 aromatic heterocycles. The Kier molecular flexibility index (Phi) is 5.61. The number of hydrogen-bond donors (Lipinski definition) is 0. The number of hydrogen-bond acceptors (Lipinski definition) is 5. The van der Waals surface area contributed by atoms with Crippen molar-refractivity contribution in [1.29, 1.82) is 0 Å². The first-order valence-corrected chi connectivity index (χ1v) is 9.52. The van der Waals surface area contributed by atoms with E-state index in [4.69, 9.17) is 14.2 Å². The Morgan fingerprint density at radius 2 is 1.13 bits per heavy atom. The quantitative estimate of drug-likeness (QED) is 0.429. The van der Waals surface area contributed by atoms with Crippen LogP contribution in [0.15, 0.2) is 79.1 Å². The molecule has 0 saturated heterocycles. The number of aromatic nitrogens is 2. The van der Waals surface area contributed by atoms with E-state index in [2.05, 4.69) is 28.2 Å². The Balaban J connectivity index is 1.96. The van der Waals surface area contributed by atoms with Crippen LogP contribution >= 0.6 is 0 Å². The molecular weight excluding hydrogens is 376 g/mol. The Labute approximate surface area is 175 Å². The highest BCUT2D eigenvalue weighted by molar-refractivity contribution is 5.83. The fourth-order valence-corrected chi connectivity index (χ4v) is 3.47. The molecule has 150 valence electrons. The average molecular weight is 398 g/mol. The molecule has 0 radical (unpaired) electrons. The molecule has 0 bridgehead atoms. The summed E-state index contributed by atoms with van der Waals surface area (Å²) in [5.41, 5.74) is 5.62. The zero-order valence-electron chi connectivity index (χ0n) is 17.1. The number of benzene rings is 2. The molecule has 0 saturated carbocycles. The number of ether oxygens (including phenoxy) is 3. The molecule has 0 aliphatic heterocycles. The lowest BCUT2D eigenvalue weighted by Crippen LogP contribution is -1.97. The SMILES string of the molecule is COc1ccc(-c2cc(-c3ccccn3)cc(-c3ccccn3)c2)c(OC)c1OC. The summed E-state index contributed by atoms with van der Waals surface area (Å²) in [6, 6.07) is 21.9. The Bertz CT molecular complexity index is 1090. The van der Waals surface area contributed by atoms with Gasteiger partial charge in [-0.15, -0.1) is 0 Å². The topological polar surface area (TPSA) is 53.5 Å². The minimum atomic E-state index is 0.556. The standard InChI is InChI=1S/C25H22N2O3/c1-28-23-11-10-20(24(29-2)25(23)30-3)17-14-18(21-8-4-6-12-26-21)16-19(15-17)22-9-5-7-13-27-22/h4-16H,1-3H3. The zero-order valence-corrected chi connectivity index (χ0v) is 17.1. The summed E-state index contributed by atoms with van der Waals surface area (Å²) < 4.78 is 16.7. The normalized spacial score (nSPS) is 10.5. The van der Waals surface area contributed by atoms with Crippen molar-refractivity contribution < 1.29 is 14.2 Å². The number of pyridine rings is 2. The molecular formula is C25H22N2O3. The van der Waals surface area contributed by atoms with Gasteiger partial charge in [-0.25, -0.2) is 0 Å². The van der Waals surface area contributed by atoms with Gasteiger partial charge in [-0.3, -0.25) is 9.97 Å². The van der Waals surface area contributed by atoms with Crippen molar-refractivity contribution in [1.82, 2.24) is 9.97 Å². The van der Waals surface area contributed by atoms with Gasteiger partial charge in [0.2, 0.25) is 5.75 Å². The second-order valence-electron chi connectivity index (χ2n) is 6.61. The predicted octanol–water partition coefficient (Wildman–Crippen LogP) is 5.50. The third-order valence-electron chi connectivity index (χ3n) is 4.87. The summed E-state index contributed by atoms with van der Waals surface area (Å²) in [6.07, 6.45) is 3.58. The minimum Gasteiger partial charge on any atom is -0.493 e. The first-order valence-electron chi connectivity index (χ1n) is 9.52. The molecule has 30 heavy (non-hydrogen) atoms. The summed E-state index contributed by atoms with van der Waals surface area (Å²) in [7, 11) is 4.84. The molecule has 0 aliphatic carbocycles. The van der Waals surface area contributed by atoms with E-state index >= 15 is 0 Å². The van der Waals surface area contributed by atoms with Crippen molar-refractivity contribution in [3.63, 3.8) is 0 Å². The molecule has 0 N–H and O–H groups in total. The maximum atomic E-state index is 5.72. The number of rotatable bonds is 6. The lowest BCUT2D eigenvalue weighted by molar-refractivity contribution is 0.325. The van der Waals surface area contributed by atoms with Gasteiger partial charge >= 0.3 is 0 Å². The molecule has 4 rings (SSSR count). The summed E-state index contributed by atoms with van der Waals surface area (Å²) in [6.45, 7) is 0. The van der Waals surface area contributed by atoms with Crippen LogP contribution in [0.4, 0.5) is 0 Å². The van der Waals surface area contributed by atoms with Crippen molar-refractivity contribution in [2.75, 3.05) is 21.3 Å². The van der Waals surface area contributed by atoms with E-state index in [0.717, 1.165) is 33.6 Å². The second kappa shape index (κ2) is 8.66. The maximum absolute atomic E-state index is 5.72. The van der Waals surface area contributed by atoms with E-state index in [9.17, 15) is 0 Å². The zero-order chi connectivity index (χ0) is 20.9. The van der Waals surface area contributed by atoms with Gasteiger partial charge in [-0.05, 0) is 60.2 Å². The summed E-state index contributed by atoms with van der Waals surface area (Å²) >= 11 is 0. The van der Waals surface area contributed by atoms with Gasteiger partial charge in [-0.1, -0.05) is 12.1 Å². The first kappa shape index (κ1) is 19.5. The van der Waals surface area contributed by atoms with Gasteiger partial charge in [0.15, 0.2) is 11.5 Å². The highest BCUT2D eigenvalue weighted by Gasteiger charge is 2.18. The average Bonchev–Trinajstić information content (AvgIpc) is 2.83. The Morgan fingerprint density at radius 1 is 0.567 bits per heavy atom. The molecule has 2 aromatic carbocycles. The first-order chi connectivity index (χ1) is 14.7. The van der Waals surface area contributed by atoms with Crippen LogP contribution < -0.4 is 14.2 Å². The van der Waals surface area contributed by atoms with E-state index in [-0.39, 0.29) is 0 Å². The van der Waals surface area contributed by atoms with E-state index in [1.807, 2.05) is 48.5 Å². The highest BCUT2D eigenvalue weighted by Crippen LogP contribution is 2.45. The molecule has 0 amide bonds. The molecule has 4 aromatic rings. The third kappa shape index (κ3) is 3.70. The molecule has 0 aliphatic rings. The van der Waals surface area contributed by atoms with Gasteiger partial charge in [-0.2, -0.15) is 0 Å². The van der Waals surface area contributed by atoms with Crippen LogP contribution in [0.2, 0.25) is 0 Å². The lowest BCUT2D eigenvalue weighted by atomic mass is 9.95. The Morgan fingerprint density at radius 3 is 1.60 bits per heavy atom. The van der Waals surface area contributed by atoms with Crippen LogP contribution in [-0.4, -0.2) is 31.3 Å². The van der Waals surface area contributed by atoms with Crippen molar-refractivity contribution in [3.8, 4) is 50.9 Å². The molecule has 5 heteroatoms. The molecule has 0 unspecified atom stereocenters. The fourth-order valence-electron chi connectivity index (χ4n) is 3.47. The molecule has 0 spiro atoms. The van der Waals surface area contributed by atoms with E-state index in [1.165, 1.54) is 0 Å². The summed E-state index contributed by atoms with van der Waals surface area (Å²) in [5, 5.41) is 0.